The van der Waals surface area contributed by atoms with Crippen molar-refractivity contribution >= 4 is 24.0 Å². The smallest absolute Gasteiger partial charge is 0.412 e. The van der Waals surface area contributed by atoms with E-state index in [9.17, 15) is 9.90 Å². The number of nitrogens with zero attached hydrogens (tertiary/aromatic N) is 2. The summed E-state index contributed by atoms with van der Waals surface area (Å²) in [6.45, 7) is 5.51. The Labute approximate surface area is 121 Å². The molecule has 0 atom stereocenters. The van der Waals surface area contributed by atoms with Gasteiger partial charge in [0.2, 0.25) is 0 Å². The second-order valence-corrected chi connectivity index (χ2v) is 5.62. The Bertz CT molecular complexity index is 667. The molecule has 0 unspecified atom stereocenters. The fourth-order valence-electron chi connectivity index (χ4n) is 1.91. The Kier molecular flexibility index (Phi) is 3.63. The molecule has 106 valence electrons. The van der Waals surface area contributed by atoms with Crippen LogP contribution in [0.1, 0.15) is 20.8 Å². The van der Waals surface area contributed by atoms with Gasteiger partial charge in [0.25, 0.3) is 0 Å². The molecule has 2 aromatic rings. The molecule has 1 heterocycles. The van der Waals surface area contributed by atoms with Gasteiger partial charge in [0.15, 0.2) is 5.82 Å². The summed E-state index contributed by atoms with van der Waals surface area (Å²) < 4.78 is 4.86. The van der Waals surface area contributed by atoms with Gasteiger partial charge in [-0.1, -0.05) is 0 Å². The first-order valence-electron chi connectivity index (χ1n) is 5.98. The highest BCUT2D eigenvalue weighted by Gasteiger charge is 2.27. The van der Waals surface area contributed by atoms with E-state index >= 15 is 0 Å². The monoisotopic (exact) mass is 293 g/mol. The van der Waals surface area contributed by atoms with E-state index in [0.717, 1.165) is 5.56 Å². The van der Waals surface area contributed by atoms with Crippen LogP contribution in [0.25, 0.3) is 11.4 Å². The zero-order valence-corrected chi connectivity index (χ0v) is 12.2. The van der Waals surface area contributed by atoms with Crippen LogP contribution in [0.5, 0.6) is 0 Å². The molecule has 2 N–H and O–H groups in total. The standard InChI is InChI=1S/C13H15N3O3S/c1-13(2,3)16(12(17)18)9-6-4-8(5-7-9)10-14-11(20)19-15-10/h4-7H,1-3H3,(H,17,18)(H,14,15,20). The number of carboxylic acid groups (broad SMARTS) is 1. The highest BCUT2D eigenvalue weighted by molar-refractivity contribution is 7.71. The summed E-state index contributed by atoms with van der Waals surface area (Å²) in [7, 11) is 0. The Hall–Kier alpha value is -2.15. The average Bonchev–Trinajstić information content (AvgIpc) is 2.74. The molecule has 0 spiro atoms. The number of rotatable bonds is 2. The van der Waals surface area contributed by atoms with Gasteiger partial charge in [-0.15, -0.1) is 0 Å². The molecule has 0 radical (unpaired) electrons. The lowest BCUT2D eigenvalue weighted by Gasteiger charge is -2.33. The van der Waals surface area contributed by atoms with Crippen molar-refractivity contribution in [2.24, 2.45) is 0 Å². The van der Waals surface area contributed by atoms with Crippen molar-refractivity contribution in [2.75, 3.05) is 4.90 Å². The molecule has 6 nitrogen and oxygen atoms in total. The van der Waals surface area contributed by atoms with Crippen LogP contribution in [0.15, 0.2) is 28.8 Å². The third-order valence-electron chi connectivity index (χ3n) is 2.70. The highest BCUT2D eigenvalue weighted by Crippen LogP contribution is 2.26. The Balaban J connectivity index is 2.36. The molecule has 1 amide bonds. The molecule has 7 heteroatoms. The van der Waals surface area contributed by atoms with Crippen molar-refractivity contribution in [3.05, 3.63) is 29.1 Å². The highest BCUT2D eigenvalue weighted by atomic mass is 32.1. The molecule has 1 aromatic heterocycles. The summed E-state index contributed by atoms with van der Waals surface area (Å²) in [5.74, 6) is 0.513. The quantitative estimate of drug-likeness (QED) is 0.825. The summed E-state index contributed by atoms with van der Waals surface area (Å²) in [6.07, 6.45) is -0.994. The Morgan fingerprint density at radius 1 is 1.35 bits per heavy atom. The molecule has 2 rings (SSSR count). The van der Waals surface area contributed by atoms with Gasteiger partial charge in [0.05, 0.1) is 0 Å². The molecule has 0 saturated heterocycles. The van der Waals surface area contributed by atoms with E-state index in [-0.39, 0.29) is 4.84 Å². The minimum absolute atomic E-state index is 0.130. The number of hydrogen-bond donors (Lipinski definition) is 2. The van der Waals surface area contributed by atoms with Gasteiger partial charge in [-0.2, -0.15) is 4.98 Å². The van der Waals surface area contributed by atoms with Crippen molar-refractivity contribution in [3.8, 4) is 11.4 Å². The summed E-state index contributed by atoms with van der Waals surface area (Å²) in [5.41, 5.74) is 0.838. The van der Waals surface area contributed by atoms with Crippen molar-refractivity contribution in [1.29, 1.82) is 0 Å². The first kappa shape index (κ1) is 14.3. The van der Waals surface area contributed by atoms with Crippen LogP contribution < -0.4 is 4.90 Å². The third-order valence-corrected chi connectivity index (χ3v) is 2.87. The SMILES string of the molecule is CC(C)(C)N(C(=O)O)c1ccc(-c2nc(=S)o[nH]2)cc1. The molecule has 20 heavy (non-hydrogen) atoms. The zero-order valence-electron chi connectivity index (χ0n) is 11.4. The number of carbonyl (C=O) groups is 1. The zero-order chi connectivity index (χ0) is 14.9. The summed E-state index contributed by atoms with van der Waals surface area (Å²) in [5, 5.41) is 11.9. The number of amides is 1. The second-order valence-electron chi connectivity index (χ2n) is 5.27. The summed E-state index contributed by atoms with van der Waals surface area (Å²) >= 11 is 4.79. The van der Waals surface area contributed by atoms with Crippen LogP contribution in [-0.4, -0.2) is 26.9 Å². The lowest BCUT2D eigenvalue weighted by Crippen LogP contribution is -2.45. The average molecular weight is 293 g/mol. The molecule has 0 saturated carbocycles. The maximum atomic E-state index is 11.4. The number of H-pyrrole nitrogens is 1. The van der Waals surface area contributed by atoms with Crippen molar-refractivity contribution in [3.63, 3.8) is 0 Å². The molecule has 0 aliphatic heterocycles. The lowest BCUT2D eigenvalue weighted by atomic mass is 10.0. The van der Waals surface area contributed by atoms with E-state index in [4.69, 9.17) is 16.7 Å². The van der Waals surface area contributed by atoms with Gasteiger partial charge in [0.1, 0.15) is 0 Å². The lowest BCUT2D eigenvalue weighted by molar-refractivity contribution is 0.195. The van der Waals surface area contributed by atoms with Gasteiger partial charge in [0, 0.05) is 16.8 Å². The van der Waals surface area contributed by atoms with Crippen LogP contribution in [0.3, 0.4) is 0 Å². The van der Waals surface area contributed by atoms with Gasteiger partial charge in [-0.25, -0.2) is 9.95 Å². The Morgan fingerprint density at radius 2 is 1.95 bits per heavy atom. The number of aromatic nitrogens is 2. The topological polar surface area (TPSA) is 82.4 Å². The number of hydrogen-bond acceptors (Lipinski definition) is 4. The number of nitrogens with one attached hydrogen (secondary N) is 1. The number of aromatic amines is 1. The minimum atomic E-state index is -0.994. The predicted molar refractivity (Wildman–Crippen MR) is 77.4 cm³/mol. The first-order chi connectivity index (χ1) is 9.29. The fraction of sp³-hybridized carbons (Fsp3) is 0.308. The van der Waals surface area contributed by atoms with Gasteiger partial charge >= 0.3 is 10.9 Å². The van der Waals surface area contributed by atoms with Gasteiger partial charge in [-0.3, -0.25) is 4.90 Å². The first-order valence-corrected chi connectivity index (χ1v) is 6.39. The van der Waals surface area contributed by atoms with E-state index in [0.29, 0.717) is 11.5 Å². The summed E-state index contributed by atoms with van der Waals surface area (Å²) in [6, 6.07) is 6.97. The van der Waals surface area contributed by atoms with Crippen molar-refractivity contribution in [2.45, 2.75) is 26.3 Å². The van der Waals surface area contributed by atoms with E-state index < -0.39 is 11.6 Å². The van der Waals surface area contributed by atoms with Crippen LogP contribution >= 0.6 is 12.2 Å². The van der Waals surface area contributed by atoms with Crippen molar-refractivity contribution in [1.82, 2.24) is 10.1 Å². The third kappa shape index (κ3) is 2.88. The van der Waals surface area contributed by atoms with Gasteiger partial charge in [-0.05, 0) is 57.3 Å². The molecule has 0 aliphatic rings. The maximum Gasteiger partial charge on any atom is 0.412 e. The van der Waals surface area contributed by atoms with Crippen LogP contribution in [0.2, 0.25) is 0 Å². The molecule has 0 aliphatic carbocycles. The molecule has 1 aromatic carbocycles. The van der Waals surface area contributed by atoms with E-state index in [1.165, 1.54) is 4.90 Å². The molecular formula is C13H15N3O3S. The Morgan fingerprint density at radius 3 is 2.35 bits per heavy atom. The number of benzene rings is 1. The normalized spacial score (nSPS) is 11.3. The molecule has 0 fully saturated rings. The second kappa shape index (κ2) is 5.09. The maximum absolute atomic E-state index is 11.4. The van der Waals surface area contributed by atoms with E-state index in [2.05, 4.69) is 10.1 Å². The fourth-order valence-corrected chi connectivity index (χ4v) is 2.04. The van der Waals surface area contributed by atoms with E-state index in [1.54, 1.807) is 24.3 Å². The van der Waals surface area contributed by atoms with E-state index in [1.807, 2.05) is 20.8 Å². The number of anilines is 1. The molecule has 0 bridgehead atoms. The van der Waals surface area contributed by atoms with Crippen LogP contribution in [0.4, 0.5) is 10.5 Å². The van der Waals surface area contributed by atoms with Gasteiger partial charge < -0.3 is 9.63 Å². The van der Waals surface area contributed by atoms with Crippen LogP contribution in [0, 0.1) is 4.84 Å². The predicted octanol–water partition coefficient (Wildman–Crippen LogP) is 3.68. The largest absolute Gasteiger partial charge is 0.465 e. The van der Waals surface area contributed by atoms with Crippen molar-refractivity contribution < 1.29 is 14.4 Å². The van der Waals surface area contributed by atoms with Crippen LogP contribution in [-0.2, 0) is 0 Å². The summed E-state index contributed by atoms with van der Waals surface area (Å²) in [4.78, 5) is 16.8. The molecular weight excluding hydrogens is 278 g/mol. The minimum Gasteiger partial charge on any atom is -0.465 e.